The van der Waals surface area contributed by atoms with Crippen molar-refractivity contribution in [1.29, 1.82) is 0 Å². The highest BCUT2D eigenvalue weighted by Gasteiger charge is 2.29. The second kappa shape index (κ2) is 9.53. The van der Waals surface area contributed by atoms with Crippen LogP contribution in [0, 0.1) is 6.92 Å². The van der Waals surface area contributed by atoms with Gasteiger partial charge in [0.15, 0.2) is 23.0 Å². The number of benzene rings is 3. The van der Waals surface area contributed by atoms with Gasteiger partial charge in [-0.15, -0.1) is 0 Å². The first-order valence-electron chi connectivity index (χ1n) is 10.8. The Bertz CT molecular complexity index is 1080. The summed E-state index contributed by atoms with van der Waals surface area (Å²) >= 11 is 0. The van der Waals surface area contributed by atoms with Gasteiger partial charge >= 0.3 is 0 Å². The molecule has 0 spiro atoms. The molecular weight excluding hydrogens is 402 g/mol. The van der Waals surface area contributed by atoms with Crippen LogP contribution in [0.15, 0.2) is 54.6 Å². The normalized spacial score (nSPS) is 17.4. The van der Waals surface area contributed by atoms with Crippen molar-refractivity contribution in [3.05, 3.63) is 82.4 Å². The van der Waals surface area contributed by atoms with E-state index in [1.165, 1.54) is 27.8 Å². The fourth-order valence-electron chi connectivity index (χ4n) is 4.47. The Morgan fingerprint density at radius 2 is 1.38 bits per heavy atom. The number of rotatable bonds is 7. The number of aryl methyl sites for hydroxylation is 1. The van der Waals surface area contributed by atoms with Crippen LogP contribution >= 0.6 is 0 Å². The van der Waals surface area contributed by atoms with Gasteiger partial charge in [0, 0.05) is 12.1 Å². The Balaban J connectivity index is 1.73. The lowest BCUT2D eigenvalue weighted by Gasteiger charge is -2.34. The zero-order valence-corrected chi connectivity index (χ0v) is 19.4. The first kappa shape index (κ1) is 22.0. The van der Waals surface area contributed by atoms with Gasteiger partial charge in [0.2, 0.25) is 0 Å². The molecule has 2 unspecified atom stereocenters. The fraction of sp³-hybridized carbons (Fsp3) is 0.333. The molecule has 1 N–H and O–H groups in total. The van der Waals surface area contributed by atoms with Crippen molar-refractivity contribution in [2.45, 2.75) is 31.8 Å². The fourth-order valence-corrected chi connectivity index (χ4v) is 4.47. The highest BCUT2D eigenvalue weighted by Crippen LogP contribution is 2.40. The van der Waals surface area contributed by atoms with E-state index in [9.17, 15) is 0 Å². The minimum absolute atomic E-state index is 0.114. The highest BCUT2D eigenvalue weighted by molar-refractivity contribution is 5.51. The van der Waals surface area contributed by atoms with E-state index in [0.29, 0.717) is 0 Å². The third-order valence-electron chi connectivity index (χ3n) is 6.21. The largest absolute Gasteiger partial charge is 0.493 e. The van der Waals surface area contributed by atoms with Gasteiger partial charge in [-0.25, -0.2) is 0 Å². The first-order chi connectivity index (χ1) is 15.6. The summed E-state index contributed by atoms with van der Waals surface area (Å²) in [5.41, 5.74) is 6.23. The molecule has 0 aliphatic carbocycles. The van der Waals surface area contributed by atoms with Crippen molar-refractivity contribution in [2.75, 3.05) is 28.4 Å². The van der Waals surface area contributed by atoms with Crippen LogP contribution in [-0.2, 0) is 12.8 Å². The van der Waals surface area contributed by atoms with Crippen LogP contribution < -0.4 is 24.3 Å². The molecule has 0 saturated carbocycles. The van der Waals surface area contributed by atoms with E-state index in [0.717, 1.165) is 35.8 Å². The van der Waals surface area contributed by atoms with Crippen molar-refractivity contribution in [3.8, 4) is 23.0 Å². The SMILES string of the molecule is COc1ccc(CC2NC(c3ccc(C)cc3)Cc3cc(OC)c(OC)cc32)cc1OC. The molecule has 0 fully saturated rings. The third kappa shape index (κ3) is 4.39. The molecule has 3 aromatic rings. The quantitative estimate of drug-likeness (QED) is 0.555. The van der Waals surface area contributed by atoms with Crippen molar-refractivity contribution in [1.82, 2.24) is 5.32 Å². The molecule has 0 saturated heterocycles. The first-order valence-corrected chi connectivity index (χ1v) is 10.8. The second-order valence-corrected chi connectivity index (χ2v) is 8.19. The molecule has 1 heterocycles. The van der Waals surface area contributed by atoms with E-state index >= 15 is 0 Å². The number of fused-ring (bicyclic) bond motifs is 1. The van der Waals surface area contributed by atoms with Gasteiger partial charge in [0.1, 0.15) is 0 Å². The van der Waals surface area contributed by atoms with Crippen LogP contribution in [0.5, 0.6) is 23.0 Å². The van der Waals surface area contributed by atoms with E-state index in [1.54, 1.807) is 28.4 Å². The average Bonchev–Trinajstić information content (AvgIpc) is 2.83. The zero-order valence-electron chi connectivity index (χ0n) is 19.4. The smallest absolute Gasteiger partial charge is 0.161 e. The molecule has 32 heavy (non-hydrogen) atoms. The van der Waals surface area contributed by atoms with Gasteiger partial charge in [-0.3, -0.25) is 0 Å². The molecule has 1 aliphatic heterocycles. The van der Waals surface area contributed by atoms with Gasteiger partial charge in [-0.1, -0.05) is 35.9 Å². The predicted octanol–water partition coefficient (Wildman–Crippen LogP) is 5.20. The molecule has 5 nitrogen and oxygen atoms in total. The zero-order chi connectivity index (χ0) is 22.7. The molecule has 0 aromatic heterocycles. The van der Waals surface area contributed by atoms with Crippen LogP contribution in [0.25, 0.3) is 0 Å². The summed E-state index contributed by atoms with van der Waals surface area (Å²) in [6.07, 6.45) is 1.70. The van der Waals surface area contributed by atoms with Gasteiger partial charge < -0.3 is 24.3 Å². The van der Waals surface area contributed by atoms with E-state index < -0.39 is 0 Å². The van der Waals surface area contributed by atoms with Crippen LogP contribution in [0.4, 0.5) is 0 Å². The van der Waals surface area contributed by atoms with E-state index in [2.05, 4.69) is 60.8 Å². The molecule has 1 aliphatic rings. The summed E-state index contributed by atoms with van der Waals surface area (Å²) in [5, 5.41) is 3.88. The van der Waals surface area contributed by atoms with Gasteiger partial charge in [-0.2, -0.15) is 0 Å². The Morgan fingerprint density at radius 3 is 2.03 bits per heavy atom. The molecule has 168 valence electrons. The Kier molecular flexibility index (Phi) is 6.56. The summed E-state index contributed by atoms with van der Waals surface area (Å²) in [7, 11) is 6.69. The number of ether oxygens (including phenoxy) is 4. The third-order valence-corrected chi connectivity index (χ3v) is 6.21. The summed E-state index contributed by atoms with van der Waals surface area (Å²) in [4.78, 5) is 0. The van der Waals surface area contributed by atoms with Gasteiger partial charge in [0.25, 0.3) is 0 Å². The summed E-state index contributed by atoms with van der Waals surface area (Å²) in [5.74, 6) is 2.99. The monoisotopic (exact) mass is 433 g/mol. The molecule has 0 amide bonds. The Hall–Kier alpha value is -3.18. The Morgan fingerprint density at radius 1 is 0.750 bits per heavy atom. The summed E-state index contributed by atoms with van der Waals surface area (Å²) < 4.78 is 22.1. The number of hydrogen-bond acceptors (Lipinski definition) is 5. The van der Waals surface area contributed by atoms with Gasteiger partial charge in [0.05, 0.1) is 28.4 Å². The lowest BCUT2D eigenvalue weighted by Crippen LogP contribution is -2.34. The maximum atomic E-state index is 5.60. The molecule has 0 radical (unpaired) electrons. The number of hydrogen-bond donors (Lipinski definition) is 1. The molecular formula is C27H31NO4. The minimum Gasteiger partial charge on any atom is -0.493 e. The molecule has 3 aromatic carbocycles. The standard InChI is InChI=1S/C27H31NO4/c1-17-6-9-19(10-7-17)22-14-20-15-26(31-4)27(32-5)16-21(20)23(28-22)12-18-8-11-24(29-2)25(13-18)30-3/h6-11,13,15-16,22-23,28H,12,14H2,1-5H3. The van der Waals surface area contributed by atoms with Crippen molar-refractivity contribution >= 4 is 0 Å². The van der Waals surface area contributed by atoms with Gasteiger partial charge in [-0.05, 0) is 66.3 Å². The number of nitrogens with one attached hydrogen (secondary N) is 1. The van der Waals surface area contributed by atoms with E-state index in [1.807, 2.05) is 6.07 Å². The van der Waals surface area contributed by atoms with E-state index in [-0.39, 0.29) is 12.1 Å². The maximum Gasteiger partial charge on any atom is 0.161 e. The maximum absolute atomic E-state index is 5.60. The van der Waals surface area contributed by atoms with Crippen molar-refractivity contribution < 1.29 is 18.9 Å². The van der Waals surface area contributed by atoms with Crippen LogP contribution in [0.2, 0.25) is 0 Å². The van der Waals surface area contributed by atoms with Crippen molar-refractivity contribution in [3.63, 3.8) is 0 Å². The van der Waals surface area contributed by atoms with Crippen LogP contribution in [0.3, 0.4) is 0 Å². The summed E-state index contributed by atoms with van der Waals surface area (Å²) in [6.45, 7) is 2.12. The molecule has 0 bridgehead atoms. The Labute approximate surface area is 190 Å². The second-order valence-electron chi connectivity index (χ2n) is 8.19. The van der Waals surface area contributed by atoms with Crippen molar-refractivity contribution in [2.24, 2.45) is 0 Å². The average molecular weight is 434 g/mol. The lowest BCUT2D eigenvalue weighted by molar-refractivity contribution is 0.347. The molecule has 4 rings (SSSR count). The minimum atomic E-state index is 0.114. The predicted molar refractivity (Wildman–Crippen MR) is 126 cm³/mol. The van der Waals surface area contributed by atoms with Crippen LogP contribution in [0.1, 0.15) is 39.9 Å². The lowest BCUT2D eigenvalue weighted by atomic mass is 9.84. The topological polar surface area (TPSA) is 49.0 Å². The summed E-state index contributed by atoms with van der Waals surface area (Å²) in [6, 6.07) is 19.4. The number of methoxy groups -OCH3 is 4. The molecule has 5 heteroatoms. The van der Waals surface area contributed by atoms with E-state index in [4.69, 9.17) is 18.9 Å². The molecule has 2 atom stereocenters. The highest BCUT2D eigenvalue weighted by atomic mass is 16.5. The van der Waals surface area contributed by atoms with Crippen LogP contribution in [-0.4, -0.2) is 28.4 Å².